The third-order valence-corrected chi connectivity index (χ3v) is 6.02. The highest BCUT2D eigenvalue weighted by Gasteiger charge is 2.28. The summed E-state index contributed by atoms with van der Waals surface area (Å²) in [6.45, 7) is 0.313. The number of aromatic nitrogens is 3. The molecule has 0 spiro atoms. The molecule has 0 amide bonds. The SMILES string of the molecule is CC(=O)OCC(COS(=O)(=O)c1ccccc1[N+](=O)[O-])n1cc(Cc2ccc([N+](=O)[O-])cc2)nn1. The van der Waals surface area contributed by atoms with Crippen molar-refractivity contribution in [2.24, 2.45) is 0 Å². The van der Waals surface area contributed by atoms with Crippen molar-refractivity contribution in [3.63, 3.8) is 0 Å². The van der Waals surface area contributed by atoms with Gasteiger partial charge in [-0.3, -0.25) is 29.2 Å². The summed E-state index contributed by atoms with van der Waals surface area (Å²) in [4.78, 5) is 31.3. The van der Waals surface area contributed by atoms with E-state index in [4.69, 9.17) is 8.92 Å². The van der Waals surface area contributed by atoms with E-state index in [0.717, 1.165) is 17.7 Å². The van der Waals surface area contributed by atoms with Gasteiger partial charge < -0.3 is 4.74 Å². The number of benzene rings is 2. The number of ether oxygens (including phenoxy) is 1. The number of hydrogen-bond donors (Lipinski definition) is 0. The summed E-state index contributed by atoms with van der Waals surface area (Å²) in [6.07, 6.45) is 1.75. The zero-order valence-corrected chi connectivity index (χ0v) is 19.0. The molecule has 0 bridgehead atoms. The summed E-state index contributed by atoms with van der Waals surface area (Å²) in [5, 5.41) is 29.9. The predicted octanol–water partition coefficient (Wildman–Crippen LogP) is 2.20. The summed E-state index contributed by atoms with van der Waals surface area (Å²) in [7, 11) is -4.53. The predicted molar refractivity (Wildman–Crippen MR) is 118 cm³/mol. The van der Waals surface area contributed by atoms with Crippen LogP contribution >= 0.6 is 0 Å². The third kappa shape index (κ3) is 6.64. The van der Waals surface area contributed by atoms with Crippen molar-refractivity contribution >= 4 is 27.5 Å². The Morgan fingerprint density at radius 3 is 2.37 bits per heavy atom. The summed E-state index contributed by atoms with van der Waals surface area (Å²) < 4.78 is 36.5. The zero-order chi connectivity index (χ0) is 25.6. The molecule has 0 aliphatic heterocycles. The smallest absolute Gasteiger partial charge is 0.303 e. The van der Waals surface area contributed by atoms with Crippen molar-refractivity contribution < 1.29 is 32.0 Å². The minimum absolute atomic E-state index is 0.0594. The van der Waals surface area contributed by atoms with Gasteiger partial charge in [-0.25, -0.2) is 4.68 Å². The Morgan fingerprint density at radius 1 is 1.06 bits per heavy atom. The second kappa shape index (κ2) is 10.8. The second-order valence-electron chi connectivity index (χ2n) is 7.21. The standard InChI is InChI=1S/C20H19N5O9S/c1-14(26)33-12-18(13-34-35(31,32)20-5-3-2-4-19(20)25(29)30)23-11-16(21-22-23)10-15-6-8-17(9-7-15)24(27)28/h2-9,11,18H,10,12-13H2,1H3. The van der Waals surface area contributed by atoms with Gasteiger partial charge in [-0.1, -0.05) is 29.5 Å². The molecule has 184 valence electrons. The van der Waals surface area contributed by atoms with Crippen molar-refractivity contribution in [3.05, 3.63) is 86.2 Å². The summed E-state index contributed by atoms with van der Waals surface area (Å²) in [5.41, 5.74) is 0.466. The Morgan fingerprint density at radius 2 is 1.74 bits per heavy atom. The van der Waals surface area contributed by atoms with Gasteiger partial charge in [0.25, 0.3) is 11.4 Å². The van der Waals surface area contributed by atoms with Crippen LogP contribution in [0, 0.1) is 20.2 Å². The molecule has 14 nitrogen and oxygen atoms in total. The molecule has 0 saturated heterocycles. The van der Waals surface area contributed by atoms with E-state index in [1.54, 1.807) is 12.1 Å². The van der Waals surface area contributed by atoms with E-state index in [9.17, 15) is 33.4 Å². The molecule has 15 heteroatoms. The van der Waals surface area contributed by atoms with Crippen LogP contribution in [0.1, 0.15) is 24.2 Å². The molecule has 1 unspecified atom stereocenters. The Balaban J connectivity index is 1.77. The van der Waals surface area contributed by atoms with Crippen LogP contribution in [0.25, 0.3) is 0 Å². The molecule has 0 aliphatic rings. The molecule has 3 rings (SSSR count). The molecule has 35 heavy (non-hydrogen) atoms. The molecule has 0 radical (unpaired) electrons. The minimum atomic E-state index is -4.53. The van der Waals surface area contributed by atoms with Crippen LogP contribution in [0.3, 0.4) is 0 Å². The Hall–Kier alpha value is -4.24. The van der Waals surface area contributed by atoms with Gasteiger partial charge in [-0.05, 0) is 11.6 Å². The van der Waals surface area contributed by atoms with Gasteiger partial charge in [0.1, 0.15) is 12.6 Å². The topological polar surface area (TPSA) is 187 Å². The normalized spacial score (nSPS) is 12.1. The van der Waals surface area contributed by atoms with Crippen molar-refractivity contribution in [1.29, 1.82) is 0 Å². The number of carbonyl (C=O) groups is 1. The molecule has 0 N–H and O–H groups in total. The maximum absolute atomic E-state index is 12.6. The lowest BCUT2D eigenvalue weighted by Gasteiger charge is -2.16. The number of carbonyl (C=O) groups excluding carboxylic acids is 1. The number of esters is 1. The van der Waals surface area contributed by atoms with Crippen LogP contribution in [0.15, 0.2) is 59.6 Å². The molecule has 1 aromatic heterocycles. The number of non-ortho nitro benzene ring substituents is 1. The van der Waals surface area contributed by atoms with Gasteiger partial charge in [0.05, 0.1) is 22.1 Å². The van der Waals surface area contributed by atoms with Gasteiger partial charge in [-0.15, -0.1) is 5.10 Å². The van der Waals surface area contributed by atoms with E-state index in [0.29, 0.717) is 5.69 Å². The van der Waals surface area contributed by atoms with Crippen molar-refractivity contribution in [2.45, 2.75) is 24.3 Å². The average molecular weight is 505 g/mol. The van der Waals surface area contributed by atoms with Gasteiger partial charge in [0.2, 0.25) is 0 Å². The lowest BCUT2D eigenvalue weighted by Crippen LogP contribution is -2.24. The zero-order valence-electron chi connectivity index (χ0n) is 18.2. The fourth-order valence-corrected chi connectivity index (χ4v) is 4.09. The van der Waals surface area contributed by atoms with E-state index >= 15 is 0 Å². The molecule has 0 saturated carbocycles. The van der Waals surface area contributed by atoms with Crippen molar-refractivity contribution in [3.8, 4) is 0 Å². The molecular formula is C20H19N5O9S. The summed E-state index contributed by atoms with van der Waals surface area (Å²) >= 11 is 0. The first-order valence-corrected chi connectivity index (χ1v) is 11.4. The van der Waals surface area contributed by atoms with E-state index in [2.05, 4.69) is 10.3 Å². The molecule has 1 heterocycles. The van der Waals surface area contributed by atoms with E-state index in [-0.39, 0.29) is 18.7 Å². The van der Waals surface area contributed by atoms with E-state index in [1.807, 2.05) is 0 Å². The second-order valence-corrected chi connectivity index (χ2v) is 8.79. The first-order chi connectivity index (χ1) is 16.6. The van der Waals surface area contributed by atoms with Gasteiger partial charge in [-0.2, -0.15) is 8.42 Å². The quantitative estimate of drug-likeness (QED) is 0.161. The third-order valence-electron chi connectivity index (χ3n) is 4.69. The highest BCUT2D eigenvalue weighted by Crippen LogP contribution is 2.25. The van der Waals surface area contributed by atoms with Crippen LogP contribution in [0.5, 0.6) is 0 Å². The van der Waals surface area contributed by atoms with Gasteiger partial charge in [0.15, 0.2) is 4.90 Å². The number of nitrogens with zero attached hydrogens (tertiary/aromatic N) is 5. The van der Waals surface area contributed by atoms with Crippen LogP contribution < -0.4 is 0 Å². The molecule has 1 atom stereocenters. The van der Waals surface area contributed by atoms with E-state index in [1.165, 1.54) is 42.1 Å². The Labute approximate surface area is 198 Å². The maximum atomic E-state index is 12.6. The van der Waals surface area contributed by atoms with Crippen molar-refractivity contribution in [2.75, 3.05) is 13.2 Å². The van der Waals surface area contributed by atoms with E-state index < -0.39 is 49.2 Å². The monoisotopic (exact) mass is 505 g/mol. The number of nitro benzene ring substituents is 2. The van der Waals surface area contributed by atoms with Gasteiger partial charge in [0, 0.05) is 37.7 Å². The van der Waals surface area contributed by atoms with Crippen molar-refractivity contribution in [1.82, 2.24) is 15.0 Å². The number of rotatable bonds is 11. The van der Waals surface area contributed by atoms with Crippen LogP contribution in [-0.4, -0.2) is 52.4 Å². The highest BCUT2D eigenvalue weighted by molar-refractivity contribution is 7.87. The van der Waals surface area contributed by atoms with Crippen LogP contribution in [0.2, 0.25) is 0 Å². The molecule has 2 aromatic carbocycles. The van der Waals surface area contributed by atoms with Gasteiger partial charge >= 0.3 is 16.1 Å². The largest absolute Gasteiger partial charge is 0.463 e. The Kier molecular flexibility index (Phi) is 7.83. The minimum Gasteiger partial charge on any atom is -0.463 e. The highest BCUT2D eigenvalue weighted by atomic mass is 32.2. The molecular weight excluding hydrogens is 486 g/mol. The number of para-hydroxylation sites is 1. The van der Waals surface area contributed by atoms with Crippen LogP contribution in [0.4, 0.5) is 11.4 Å². The fraction of sp³-hybridized carbons (Fsp3) is 0.250. The summed E-state index contributed by atoms with van der Waals surface area (Å²) in [5.74, 6) is -0.622. The molecule has 0 aliphatic carbocycles. The number of nitro groups is 2. The Bertz CT molecular complexity index is 1340. The maximum Gasteiger partial charge on any atom is 0.303 e. The number of hydrogen-bond acceptors (Lipinski definition) is 11. The first kappa shape index (κ1) is 25.4. The average Bonchev–Trinajstić information content (AvgIpc) is 3.27. The first-order valence-electron chi connectivity index (χ1n) is 9.97. The summed E-state index contributed by atoms with van der Waals surface area (Å²) in [6, 6.07) is 9.64. The lowest BCUT2D eigenvalue weighted by atomic mass is 10.1. The van der Waals surface area contributed by atoms with Crippen LogP contribution in [-0.2, 0) is 30.3 Å². The lowest BCUT2D eigenvalue weighted by molar-refractivity contribution is -0.387. The molecule has 0 fully saturated rings. The fourth-order valence-electron chi connectivity index (χ4n) is 2.98. The molecule has 3 aromatic rings.